The van der Waals surface area contributed by atoms with Crippen molar-refractivity contribution in [3.8, 4) is 11.4 Å². The van der Waals surface area contributed by atoms with Crippen LogP contribution in [0, 0.1) is 17.8 Å². The van der Waals surface area contributed by atoms with Crippen LogP contribution in [0.3, 0.4) is 0 Å². The average molecular weight is 890 g/mol. The van der Waals surface area contributed by atoms with Crippen LogP contribution in [-0.4, -0.2) is 152 Å². The van der Waals surface area contributed by atoms with Gasteiger partial charge in [0.25, 0.3) is 5.67 Å². The molecule has 4 unspecified atom stereocenters. The minimum absolute atomic E-state index is 0.0353. The van der Waals surface area contributed by atoms with Gasteiger partial charge in [0.15, 0.2) is 17.7 Å². The molecule has 0 radical (unpaired) electrons. The Bertz CT molecular complexity index is 1980. The van der Waals surface area contributed by atoms with Gasteiger partial charge in [-0.05, 0) is 72.7 Å². The number of aliphatic hydroxyl groups is 1. The number of alkyl halides is 1. The van der Waals surface area contributed by atoms with E-state index < -0.39 is 101 Å². The number of aryl methyl sites for hydroxylation is 1. The number of nitrogens with zero attached hydrogens (tertiary/aromatic N) is 6. The molecule has 2 aromatic heterocycles. The minimum Gasteiger partial charge on any atom is -0.455 e. The van der Waals surface area contributed by atoms with Gasteiger partial charge in [-0.25, -0.2) is 19.0 Å². The van der Waals surface area contributed by atoms with Crippen LogP contribution in [0.5, 0.6) is 0 Å². The first-order valence-corrected chi connectivity index (χ1v) is 21.5. The third-order valence-electron chi connectivity index (χ3n) is 12.9. The maximum Gasteiger partial charge on any atom is 0.410 e. The molecule has 3 saturated heterocycles. The number of likely N-dealkylation sites (N-methyl/N-ethyl adjacent to an activating group) is 1. The predicted octanol–water partition coefficient (Wildman–Crippen LogP) is 3.50. The van der Waals surface area contributed by atoms with E-state index in [1.54, 1.807) is 82.7 Å². The van der Waals surface area contributed by atoms with Gasteiger partial charge in [0.05, 0.1) is 29.6 Å². The van der Waals surface area contributed by atoms with Crippen LogP contribution in [0.4, 0.5) is 15.0 Å². The number of hydrogen-bond acceptors (Lipinski definition) is 17. The fourth-order valence-corrected chi connectivity index (χ4v) is 9.43. The normalized spacial score (nSPS) is 35.8. The number of fused-ring (bicyclic) bond motifs is 1. The molecular formula is C43H64FN7O12. The molecule has 2 aromatic rings. The SMILES string of the molecule is CC[C@H]1OC(=O)[C@](C)(F)C(=O)[C@H](C)[C@@H](OC2OC(OC(C)=O)CC(N(C)C)C2O)[C@@](C)(OC)C[C@@H](C)C(=O)[C@H](C)[C@H]2N(CCCCn3cc(-c4cccc(N)n4)nn3)C(=O)O[C@]12C. The molecule has 3 fully saturated rings. The topological polar surface area (TPSA) is 237 Å². The number of ether oxygens (including phenoxy) is 6. The number of rotatable bonds is 12. The summed E-state index contributed by atoms with van der Waals surface area (Å²) in [7, 11) is 4.75. The fraction of sp³-hybridized carbons (Fsp3) is 0.721. The van der Waals surface area contributed by atoms with Crippen molar-refractivity contribution in [2.24, 2.45) is 17.8 Å². The molecule has 5 rings (SSSR count). The Hall–Kier alpha value is -4.63. The van der Waals surface area contributed by atoms with Crippen LogP contribution >= 0.6 is 0 Å². The van der Waals surface area contributed by atoms with Crippen molar-refractivity contribution >= 4 is 35.4 Å². The Kier molecular flexibility index (Phi) is 15.4. The van der Waals surface area contributed by atoms with Gasteiger partial charge in [-0.3, -0.25) is 19.1 Å². The smallest absolute Gasteiger partial charge is 0.410 e. The fourth-order valence-electron chi connectivity index (χ4n) is 9.43. The summed E-state index contributed by atoms with van der Waals surface area (Å²) < 4.78 is 54.3. The van der Waals surface area contributed by atoms with E-state index in [1.807, 2.05) is 0 Å². The summed E-state index contributed by atoms with van der Waals surface area (Å²) in [6, 6.07) is 3.56. The summed E-state index contributed by atoms with van der Waals surface area (Å²) in [4.78, 5) is 76.3. The van der Waals surface area contributed by atoms with E-state index in [4.69, 9.17) is 34.2 Å². The van der Waals surface area contributed by atoms with Gasteiger partial charge in [0, 0.05) is 57.3 Å². The lowest BCUT2D eigenvalue weighted by atomic mass is 9.73. The van der Waals surface area contributed by atoms with Gasteiger partial charge in [-0.1, -0.05) is 39.0 Å². The first-order chi connectivity index (χ1) is 29.5. The third kappa shape index (κ3) is 10.3. The second-order valence-electron chi connectivity index (χ2n) is 17.8. The number of nitrogen functional groups attached to an aromatic ring is 1. The number of anilines is 1. The van der Waals surface area contributed by atoms with Crippen molar-refractivity contribution in [3.05, 3.63) is 24.4 Å². The van der Waals surface area contributed by atoms with E-state index in [2.05, 4.69) is 15.3 Å². The number of nitrogens with two attached hydrogens (primary N) is 1. The van der Waals surface area contributed by atoms with E-state index in [9.17, 15) is 29.1 Å². The highest BCUT2D eigenvalue weighted by molar-refractivity contribution is 6.08. The first-order valence-electron chi connectivity index (χ1n) is 21.5. The lowest BCUT2D eigenvalue weighted by Gasteiger charge is -2.47. The average Bonchev–Trinajstić information content (AvgIpc) is 3.80. The molecule has 13 atom stereocenters. The first kappa shape index (κ1) is 49.4. The molecule has 63 heavy (non-hydrogen) atoms. The van der Waals surface area contributed by atoms with Crippen LogP contribution in [0.2, 0.25) is 0 Å². The molecular weight excluding hydrogens is 826 g/mol. The number of amides is 1. The number of ketones is 2. The molecule has 20 heteroatoms. The maximum absolute atomic E-state index is 17.0. The third-order valence-corrected chi connectivity index (χ3v) is 12.9. The Morgan fingerprint density at radius 2 is 1.75 bits per heavy atom. The number of Topliss-reactive ketones (excluding diaryl/α,β-unsaturated/α-hetero) is 2. The molecule has 0 saturated carbocycles. The number of aromatic nitrogens is 4. The van der Waals surface area contributed by atoms with Gasteiger partial charge in [0.2, 0.25) is 6.29 Å². The monoisotopic (exact) mass is 889 g/mol. The summed E-state index contributed by atoms with van der Waals surface area (Å²) in [5.74, 6) is -6.61. The molecule has 0 aromatic carbocycles. The van der Waals surface area contributed by atoms with Crippen molar-refractivity contribution < 1.29 is 61.9 Å². The van der Waals surface area contributed by atoms with Crippen LogP contribution < -0.4 is 5.73 Å². The van der Waals surface area contributed by atoms with Crippen LogP contribution in [-0.2, 0) is 54.1 Å². The lowest BCUT2D eigenvalue weighted by molar-refractivity contribution is -0.329. The van der Waals surface area contributed by atoms with Crippen LogP contribution in [0.1, 0.15) is 87.5 Å². The summed E-state index contributed by atoms with van der Waals surface area (Å²) in [5, 5.41) is 19.9. The summed E-state index contributed by atoms with van der Waals surface area (Å²) in [5.41, 5.74) is 0.436. The number of halogens is 1. The second kappa shape index (κ2) is 19.6. The maximum atomic E-state index is 17.0. The highest BCUT2D eigenvalue weighted by atomic mass is 19.1. The van der Waals surface area contributed by atoms with E-state index in [1.165, 1.54) is 25.9 Å². The Morgan fingerprint density at radius 1 is 1.06 bits per heavy atom. The van der Waals surface area contributed by atoms with E-state index >= 15 is 4.39 Å². The largest absolute Gasteiger partial charge is 0.455 e. The molecule has 3 aliphatic heterocycles. The number of unbranched alkanes of at least 4 members (excludes halogenated alkanes) is 1. The van der Waals surface area contributed by atoms with Crippen LogP contribution in [0.15, 0.2) is 24.4 Å². The number of carbonyl (C=O) groups excluding carboxylic acids is 5. The number of carbonyl (C=O) groups is 5. The zero-order chi connectivity index (χ0) is 46.8. The van der Waals surface area contributed by atoms with Gasteiger partial charge < -0.3 is 49.1 Å². The summed E-state index contributed by atoms with van der Waals surface area (Å²) in [6.45, 7) is 12.1. The molecule has 3 aliphatic rings. The number of aliphatic hydroxyl groups excluding tert-OH is 1. The van der Waals surface area contributed by atoms with E-state index in [0.717, 1.165) is 6.92 Å². The zero-order valence-corrected chi connectivity index (χ0v) is 38.1. The van der Waals surface area contributed by atoms with Gasteiger partial charge in [0.1, 0.15) is 29.5 Å². The number of cyclic esters (lactones) is 1. The van der Waals surface area contributed by atoms with Gasteiger partial charge in [-0.15, -0.1) is 5.10 Å². The molecule has 0 aliphatic carbocycles. The number of methoxy groups -OCH3 is 1. The molecule has 19 nitrogen and oxygen atoms in total. The van der Waals surface area contributed by atoms with E-state index in [0.29, 0.717) is 36.6 Å². The van der Waals surface area contributed by atoms with Crippen LogP contribution in [0.25, 0.3) is 11.4 Å². The summed E-state index contributed by atoms with van der Waals surface area (Å²) in [6.07, 6.45) is -4.82. The van der Waals surface area contributed by atoms with Crippen molar-refractivity contribution in [1.29, 1.82) is 0 Å². The highest BCUT2D eigenvalue weighted by Crippen LogP contribution is 2.44. The van der Waals surface area contributed by atoms with Crippen molar-refractivity contribution in [2.45, 2.75) is 154 Å². The summed E-state index contributed by atoms with van der Waals surface area (Å²) >= 11 is 0. The standard InChI is InChI=1S/C43H64FN7O12/c1-12-30-43(8)35(51(40(57)63-43)19-14-13-18-50-22-28(47-48-50)27-16-15-17-31(45)46-27)24(3)33(53)23(2)21-41(6,58-11)37(25(4)36(55)42(7,44)39(56)60-30)62-38-34(54)29(49(9)10)20-32(61-38)59-26(5)52/h15-17,22-25,29-30,32,34-35,37-38,54H,12-14,18-21H2,1-11H3,(H2,45,46)/t23-,24+,25+,29?,30-,32?,34?,35-,37-,38?,41+,42-,43-/m1/s1. The van der Waals surface area contributed by atoms with Crippen molar-refractivity contribution in [1.82, 2.24) is 29.8 Å². The Labute approximate surface area is 367 Å². The Morgan fingerprint density at radius 3 is 2.37 bits per heavy atom. The number of pyridine rings is 1. The second-order valence-corrected chi connectivity index (χ2v) is 17.8. The van der Waals surface area contributed by atoms with Gasteiger partial charge in [-0.2, -0.15) is 0 Å². The molecule has 0 spiro atoms. The molecule has 0 bridgehead atoms. The van der Waals surface area contributed by atoms with Crippen molar-refractivity contribution in [2.75, 3.05) is 33.5 Å². The lowest BCUT2D eigenvalue weighted by Crippen LogP contribution is -2.62. The zero-order valence-electron chi connectivity index (χ0n) is 38.1. The number of hydrogen-bond donors (Lipinski definition) is 2. The molecule has 1 amide bonds. The van der Waals surface area contributed by atoms with E-state index in [-0.39, 0.29) is 31.6 Å². The quantitative estimate of drug-likeness (QED) is 0.134. The minimum atomic E-state index is -3.27. The highest BCUT2D eigenvalue weighted by Gasteiger charge is 2.62. The Balaban J connectivity index is 1.46. The number of esters is 2. The van der Waals surface area contributed by atoms with Gasteiger partial charge >= 0.3 is 18.0 Å². The predicted molar refractivity (Wildman–Crippen MR) is 223 cm³/mol. The van der Waals surface area contributed by atoms with Crippen molar-refractivity contribution in [3.63, 3.8) is 0 Å². The molecule has 5 heterocycles. The molecule has 350 valence electrons. The molecule has 3 N–H and O–H groups in total.